The third kappa shape index (κ3) is 2.56. The molecule has 0 aliphatic rings. The molecule has 1 aromatic rings. The van der Waals surface area contributed by atoms with Crippen LogP contribution in [0.5, 0.6) is 5.75 Å². The molecule has 0 saturated carbocycles. The fourth-order valence-electron chi connectivity index (χ4n) is 1.02. The van der Waals surface area contributed by atoms with Gasteiger partial charge >= 0.3 is 0 Å². The smallest absolute Gasteiger partial charge is 0.126 e. The summed E-state index contributed by atoms with van der Waals surface area (Å²) < 4.78 is 17.8. The Hall–Kier alpha value is -1.35. The molecule has 0 spiro atoms. The van der Waals surface area contributed by atoms with E-state index in [1.807, 2.05) is 0 Å². The monoisotopic (exact) mass is 182 g/mol. The summed E-state index contributed by atoms with van der Waals surface area (Å²) in [6.45, 7) is -0.0698. The van der Waals surface area contributed by atoms with Gasteiger partial charge in [0.2, 0.25) is 0 Å². The molecule has 0 aliphatic carbocycles. The van der Waals surface area contributed by atoms with Crippen LogP contribution in [0, 0.1) is 5.82 Å². The molecular weight excluding hydrogens is 171 g/mol. The van der Waals surface area contributed by atoms with E-state index in [0.717, 1.165) is 0 Å². The molecule has 70 valence electrons. The summed E-state index contributed by atoms with van der Waals surface area (Å²) in [5.41, 5.74) is 0.622. The summed E-state index contributed by atoms with van der Waals surface area (Å²) >= 11 is 0. The van der Waals surface area contributed by atoms with Crippen LogP contribution in [0.3, 0.4) is 0 Å². The normalized spacial score (nSPS) is 10.7. The first kappa shape index (κ1) is 9.74. The number of halogens is 1. The second kappa shape index (κ2) is 4.62. The fraction of sp³-hybridized carbons (Fsp3) is 0.200. The van der Waals surface area contributed by atoms with Crippen LogP contribution in [0.25, 0.3) is 6.08 Å². The van der Waals surface area contributed by atoms with Crippen molar-refractivity contribution in [1.29, 1.82) is 0 Å². The maximum Gasteiger partial charge on any atom is 0.126 e. The number of rotatable bonds is 3. The Kier molecular flexibility index (Phi) is 3.46. The Morgan fingerprint density at radius 2 is 2.31 bits per heavy atom. The van der Waals surface area contributed by atoms with Gasteiger partial charge < -0.3 is 9.84 Å². The van der Waals surface area contributed by atoms with Crippen molar-refractivity contribution in [3.05, 3.63) is 35.7 Å². The maximum absolute atomic E-state index is 12.8. The van der Waals surface area contributed by atoms with E-state index in [-0.39, 0.29) is 12.4 Å². The highest BCUT2D eigenvalue weighted by molar-refractivity contribution is 5.57. The Morgan fingerprint density at radius 3 is 2.92 bits per heavy atom. The van der Waals surface area contributed by atoms with Crippen molar-refractivity contribution in [1.82, 2.24) is 0 Å². The second-order valence-electron chi connectivity index (χ2n) is 2.47. The predicted molar refractivity (Wildman–Crippen MR) is 49.1 cm³/mol. The van der Waals surface area contributed by atoms with Gasteiger partial charge in [0.05, 0.1) is 13.7 Å². The zero-order chi connectivity index (χ0) is 9.68. The quantitative estimate of drug-likeness (QED) is 0.772. The van der Waals surface area contributed by atoms with Gasteiger partial charge in [-0.05, 0) is 18.2 Å². The minimum Gasteiger partial charge on any atom is -0.496 e. The van der Waals surface area contributed by atoms with Crippen molar-refractivity contribution in [2.24, 2.45) is 0 Å². The first-order valence-corrected chi connectivity index (χ1v) is 3.89. The highest BCUT2D eigenvalue weighted by Crippen LogP contribution is 2.20. The van der Waals surface area contributed by atoms with Crippen molar-refractivity contribution >= 4 is 6.08 Å². The lowest BCUT2D eigenvalue weighted by molar-refractivity contribution is 0.343. The van der Waals surface area contributed by atoms with Crippen molar-refractivity contribution in [3.63, 3.8) is 0 Å². The first-order chi connectivity index (χ1) is 6.27. The van der Waals surface area contributed by atoms with Crippen molar-refractivity contribution < 1.29 is 14.2 Å². The van der Waals surface area contributed by atoms with E-state index in [4.69, 9.17) is 9.84 Å². The molecule has 0 unspecified atom stereocenters. The molecule has 0 bridgehead atoms. The van der Waals surface area contributed by atoms with E-state index >= 15 is 0 Å². The number of aliphatic hydroxyl groups is 1. The minimum absolute atomic E-state index is 0.0698. The zero-order valence-corrected chi connectivity index (χ0v) is 7.33. The Morgan fingerprint density at radius 1 is 1.54 bits per heavy atom. The van der Waals surface area contributed by atoms with Gasteiger partial charge in [0.1, 0.15) is 11.6 Å². The van der Waals surface area contributed by atoms with E-state index < -0.39 is 0 Å². The lowest BCUT2D eigenvalue weighted by Crippen LogP contribution is -1.88. The van der Waals surface area contributed by atoms with Crippen LogP contribution in [-0.2, 0) is 0 Å². The molecule has 0 amide bonds. The van der Waals surface area contributed by atoms with Gasteiger partial charge in [0.15, 0.2) is 0 Å². The number of methoxy groups -OCH3 is 1. The number of ether oxygens (including phenoxy) is 1. The van der Waals surface area contributed by atoms with E-state index in [1.165, 1.54) is 25.3 Å². The highest BCUT2D eigenvalue weighted by Gasteiger charge is 1.99. The molecule has 0 aliphatic heterocycles. The molecule has 13 heavy (non-hydrogen) atoms. The van der Waals surface area contributed by atoms with Crippen LogP contribution in [0.1, 0.15) is 5.56 Å². The van der Waals surface area contributed by atoms with Gasteiger partial charge in [-0.15, -0.1) is 0 Å². The van der Waals surface area contributed by atoms with Gasteiger partial charge in [-0.3, -0.25) is 0 Å². The topological polar surface area (TPSA) is 29.5 Å². The zero-order valence-electron chi connectivity index (χ0n) is 7.33. The summed E-state index contributed by atoms with van der Waals surface area (Å²) in [5.74, 6) is 0.268. The van der Waals surface area contributed by atoms with E-state index in [0.29, 0.717) is 11.3 Å². The number of hydrogen-bond acceptors (Lipinski definition) is 2. The van der Waals surface area contributed by atoms with E-state index in [1.54, 1.807) is 12.1 Å². The average molecular weight is 182 g/mol. The molecule has 0 aromatic heterocycles. The Labute approximate surface area is 76.3 Å². The lowest BCUT2D eigenvalue weighted by atomic mass is 10.2. The highest BCUT2D eigenvalue weighted by atomic mass is 19.1. The molecule has 1 N–H and O–H groups in total. The molecule has 0 saturated heterocycles. The van der Waals surface area contributed by atoms with Gasteiger partial charge in [-0.25, -0.2) is 4.39 Å². The summed E-state index contributed by atoms with van der Waals surface area (Å²) in [6, 6.07) is 4.23. The van der Waals surface area contributed by atoms with Crippen LogP contribution >= 0.6 is 0 Å². The Bertz CT molecular complexity index is 308. The predicted octanol–water partition coefficient (Wildman–Crippen LogP) is 1.84. The van der Waals surface area contributed by atoms with Crippen molar-refractivity contribution in [2.75, 3.05) is 13.7 Å². The van der Waals surface area contributed by atoms with Gasteiger partial charge in [-0.2, -0.15) is 0 Å². The molecule has 2 nitrogen and oxygen atoms in total. The van der Waals surface area contributed by atoms with E-state index in [9.17, 15) is 4.39 Å². The third-order valence-electron chi connectivity index (χ3n) is 1.59. The summed E-state index contributed by atoms with van der Waals surface area (Å²) in [4.78, 5) is 0. The standard InChI is InChI=1S/C10H11FO2/c1-13-10-5-4-9(11)7-8(10)3-2-6-12/h2-5,7,12H,6H2,1H3/b3-2+. The van der Waals surface area contributed by atoms with Crippen molar-refractivity contribution in [3.8, 4) is 5.75 Å². The summed E-state index contributed by atoms with van der Waals surface area (Å²) in [6.07, 6.45) is 3.14. The molecule has 1 rings (SSSR count). The fourth-order valence-corrected chi connectivity index (χ4v) is 1.02. The molecule has 1 aromatic carbocycles. The third-order valence-corrected chi connectivity index (χ3v) is 1.59. The maximum atomic E-state index is 12.8. The Balaban J connectivity index is 3.01. The molecular formula is C10H11FO2. The van der Waals surface area contributed by atoms with Crippen molar-refractivity contribution in [2.45, 2.75) is 0 Å². The molecule has 3 heteroatoms. The van der Waals surface area contributed by atoms with Crippen LogP contribution in [0.15, 0.2) is 24.3 Å². The second-order valence-corrected chi connectivity index (χ2v) is 2.47. The first-order valence-electron chi connectivity index (χ1n) is 3.89. The molecule has 0 atom stereocenters. The molecule has 0 heterocycles. The van der Waals surface area contributed by atoms with Crippen LogP contribution in [-0.4, -0.2) is 18.8 Å². The lowest BCUT2D eigenvalue weighted by Gasteiger charge is -2.03. The molecule has 0 radical (unpaired) electrons. The van der Waals surface area contributed by atoms with Gasteiger partial charge in [-0.1, -0.05) is 12.2 Å². The largest absolute Gasteiger partial charge is 0.496 e. The summed E-state index contributed by atoms with van der Waals surface area (Å²) in [5, 5.41) is 8.54. The van der Waals surface area contributed by atoms with Crippen LogP contribution < -0.4 is 4.74 Å². The average Bonchev–Trinajstić information content (AvgIpc) is 2.15. The van der Waals surface area contributed by atoms with Crippen LogP contribution in [0.2, 0.25) is 0 Å². The van der Waals surface area contributed by atoms with Crippen LogP contribution in [0.4, 0.5) is 4.39 Å². The number of aliphatic hydroxyl groups excluding tert-OH is 1. The molecule has 0 fully saturated rings. The van der Waals surface area contributed by atoms with Gasteiger partial charge in [0, 0.05) is 5.56 Å². The van der Waals surface area contributed by atoms with Gasteiger partial charge in [0.25, 0.3) is 0 Å². The number of hydrogen-bond donors (Lipinski definition) is 1. The number of benzene rings is 1. The summed E-state index contributed by atoms with van der Waals surface area (Å²) in [7, 11) is 1.52. The SMILES string of the molecule is COc1ccc(F)cc1/C=C/CO. The minimum atomic E-state index is -0.321. The van der Waals surface area contributed by atoms with E-state index in [2.05, 4.69) is 0 Å².